The van der Waals surface area contributed by atoms with Gasteiger partial charge in [0.15, 0.2) is 12.7 Å². The van der Waals surface area contributed by atoms with Gasteiger partial charge in [0.25, 0.3) is 11.8 Å². The van der Waals surface area contributed by atoms with Crippen LogP contribution in [0, 0.1) is 13.8 Å². The molecule has 1 atom stereocenters. The van der Waals surface area contributed by atoms with Gasteiger partial charge in [-0.1, -0.05) is 18.2 Å². The Kier molecular flexibility index (Phi) is 5.78. The number of nitrogens with one attached hydrogen (secondary N) is 3. The first-order chi connectivity index (χ1) is 13.4. The molecule has 0 saturated carbocycles. The summed E-state index contributed by atoms with van der Waals surface area (Å²) in [6.07, 6.45) is -1.21. The van der Waals surface area contributed by atoms with Gasteiger partial charge in [0.05, 0.1) is 12.1 Å². The third kappa shape index (κ3) is 5.00. The number of hydrogen-bond donors (Lipinski definition) is 3. The van der Waals surface area contributed by atoms with Gasteiger partial charge in [0.1, 0.15) is 11.5 Å². The summed E-state index contributed by atoms with van der Waals surface area (Å²) >= 11 is 0. The van der Waals surface area contributed by atoms with E-state index >= 15 is 0 Å². The smallest absolute Gasteiger partial charge is 0.276 e. The van der Waals surface area contributed by atoms with E-state index in [9.17, 15) is 14.4 Å². The monoisotopic (exact) mass is 383 g/mol. The zero-order valence-electron chi connectivity index (χ0n) is 15.6. The van der Waals surface area contributed by atoms with Crippen LogP contribution in [-0.4, -0.2) is 30.4 Å². The van der Waals surface area contributed by atoms with Crippen LogP contribution >= 0.6 is 0 Å². The number of fused-ring (bicyclic) bond motifs is 1. The van der Waals surface area contributed by atoms with Crippen molar-refractivity contribution in [2.75, 3.05) is 11.9 Å². The first kappa shape index (κ1) is 19.2. The lowest BCUT2D eigenvalue weighted by atomic mass is 10.1. The van der Waals surface area contributed by atoms with Crippen molar-refractivity contribution in [2.24, 2.45) is 0 Å². The molecule has 2 aromatic carbocycles. The second kappa shape index (κ2) is 8.43. The van der Waals surface area contributed by atoms with Gasteiger partial charge in [-0.15, -0.1) is 0 Å². The molecule has 1 heterocycles. The lowest BCUT2D eigenvalue weighted by Crippen LogP contribution is -2.47. The molecule has 3 amide bonds. The molecular formula is C20H21N3O5. The van der Waals surface area contributed by atoms with Gasteiger partial charge in [-0.05, 0) is 49.2 Å². The van der Waals surface area contributed by atoms with Crippen LogP contribution in [-0.2, 0) is 14.4 Å². The fraction of sp³-hybridized carbons (Fsp3) is 0.250. The first-order valence-corrected chi connectivity index (χ1v) is 8.76. The molecule has 8 nitrogen and oxygen atoms in total. The molecule has 1 aliphatic rings. The van der Waals surface area contributed by atoms with Crippen molar-refractivity contribution < 1.29 is 23.9 Å². The molecule has 3 rings (SSSR count). The van der Waals surface area contributed by atoms with Crippen molar-refractivity contribution in [2.45, 2.75) is 26.4 Å². The van der Waals surface area contributed by atoms with Crippen molar-refractivity contribution in [1.82, 2.24) is 10.9 Å². The van der Waals surface area contributed by atoms with E-state index in [0.29, 0.717) is 17.2 Å². The second-order valence-electron chi connectivity index (χ2n) is 6.50. The maximum absolute atomic E-state index is 12.0. The van der Waals surface area contributed by atoms with E-state index in [1.165, 1.54) is 0 Å². The summed E-state index contributed by atoms with van der Waals surface area (Å²) in [4.78, 5) is 35.9. The predicted octanol–water partition coefficient (Wildman–Crippen LogP) is 1.62. The van der Waals surface area contributed by atoms with E-state index in [1.807, 2.05) is 32.0 Å². The van der Waals surface area contributed by atoms with Crippen molar-refractivity contribution in [3.05, 3.63) is 53.6 Å². The molecule has 0 spiro atoms. The van der Waals surface area contributed by atoms with Gasteiger partial charge in [0, 0.05) is 0 Å². The summed E-state index contributed by atoms with van der Waals surface area (Å²) in [5.41, 5.74) is 7.11. The first-order valence-electron chi connectivity index (χ1n) is 8.76. The van der Waals surface area contributed by atoms with Gasteiger partial charge in [-0.2, -0.15) is 0 Å². The molecule has 146 valence electrons. The molecule has 0 aliphatic carbocycles. The SMILES string of the molecule is Cc1cc(C)cc(OCC(=O)NNC(=O)C[C@H]2Oc3ccccc3NC2=O)c1. The number of aryl methyl sites for hydroxylation is 2. The molecule has 28 heavy (non-hydrogen) atoms. The van der Waals surface area contributed by atoms with E-state index in [2.05, 4.69) is 16.2 Å². The maximum Gasteiger partial charge on any atom is 0.276 e. The maximum atomic E-state index is 12.0. The van der Waals surface area contributed by atoms with E-state index in [-0.39, 0.29) is 13.0 Å². The van der Waals surface area contributed by atoms with Gasteiger partial charge >= 0.3 is 0 Å². The molecular weight excluding hydrogens is 362 g/mol. The Labute approximate surface area is 162 Å². The van der Waals surface area contributed by atoms with Gasteiger partial charge < -0.3 is 14.8 Å². The normalized spacial score (nSPS) is 14.9. The highest BCUT2D eigenvalue weighted by Crippen LogP contribution is 2.29. The number of carbonyl (C=O) groups excluding carboxylic acids is 3. The van der Waals surface area contributed by atoms with Crippen LogP contribution in [0.1, 0.15) is 17.5 Å². The molecule has 0 fully saturated rings. The lowest BCUT2D eigenvalue weighted by Gasteiger charge is -2.25. The van der Waals surface area contributed by atoms with Crippen LogP contribution in [0.4, 0.5) is 5.69 Å². The van der Waals surface area contributed by atoms with Gasteiger partial charge in [-0.3, -0.25) is 25.2 Å². The van der Waals surface area contributed by atoms with E-state index in [1.54, 1.807) is 24.3 Å². The zero-order valence-corrected chi connectivity index (χ0v) is 15.6. The fourth-order valence-corrected chi connectivity index (χ4v) is 2.79. The van der Waals surface area contributed by atoms with Crippen LogP contribution < -0.4 is 25.6 Å². The molecule has 3 N–H and O–H groups in total. The third-order valence-corrected chi connectivity index (χ3v) is 3.98. The summed E-state index contributed by atoms with van der Waals surface area (Å²) in [7, 11) is 0. The third-order valence-electron chi connectivity index (χ3n) is 3.98. The molecule has 0 bridgehead atoms. The van der Waals surface area contributed by atoms with Crippen LogP contribution in [0.25, 0.3) is 0 Å². The van der Waals surface area contributed by atoms with Gasteiger partial charge in [0.2, 0.25) is 5.91 Å². The summed E-state index contributed by atoms with van der Waals surface area (Å²) in [6, 6.07) is 12.6. The number of carbonyl (C=O) groups is 3. The number of hydrogen-bond acceptors (Lipinski definition) is 5. The Hall–Kier alpha value is -3.55. The zero-order chi connectivity index (χ0) is 20.1. The minimum atomic E-state index is -0.974. The minimum Gasteiger partial charge on any atom is -0.484 e. The van der Waals surface area contributed by atoms with Crippen molar-refractivity contribution in [1.29, 1.82) is 0 Å². The second-order valence-corrected chi connectivity index (χ2v) is 6.50. The van der Waals surface area contributed by atoms with E-state index in [4.69, 9.17) is 9.47 Å². The number of hydrazine groups is 1. The van der Waals surface area contributed by atoms with Crippen LogP contribution in [0.3, 0.4) is 0 Å². The predicted molar refractivity (Wildman–Crippen MR) is 102 cm³/mol. The quantitative estimate of drug-likeness (QED) is 0.681. The molecule has 0 radical (unpaired) electrons. The van der Waals surface area contributed by atoms with E-state index < -0.39 is 23.8 Å². The number of amides is 3. The van der Waals surface area contributed by atoms with Crippen molar-refractivity contribution in [3.8, 4) is 11.5 Å². The van der Waals surface area contributed by atoms with Crippen LogP contribution in [0.15, 0.2) is 42.5 Å². The summed E-state index contributed by atoms with van der Waals surface area (Å²) in [5.74, 6) is -0.430. The molecule has 0 aromatic heterocycles. The van der Waals surface area contributed by atoms with Crippen LogP contribution in [0.2, 0.25) is 0 Å². The Morgan fingerprint density at radius 3 is 2.50 bits per heavy atom. The number of rotatable bonds is 5. The Balaban J connectivity index is 1.44. The fourth-order valence-electron chi connectivity index (χ4n) is 2.79. The van der Waals surface area contributed by atoms with Gasteiger partial charge in [-0.25, -0.2) is 0 Å². The Bertz CT molecular complexity index is 892. The highest BCUT2D eigenvalue weighted by Gasteiger charge is 2.29. The highest BCUT2D eigenvalue weighted by molar-refractivity contribution is 6.00. The van der Waals surface area contributed by atoms with E-state index in [0.717, 1.165) is 11.1 Å². The average Bonchev–Trinajstić information content (AvgIpc) is 2.64. The Morgan fingerprint density at radius 1 is 1.07 bits per heavy atom. The summed E-state index contributed by atoms with van der Waals surface area (Å²) in [5, 5.41) is 2.68. The average molecular weight is 383 g/mol. The topological polar surface area (TPSA) is 106 Å². The van der Waals surface area contributed by atoms with Crippen LogP contribution in [0.5, 0.6) is 11.5 Å². The van der Waals surface area contributed by atoms with Crippen molar-refractivity contribution >= 4 is 23.4 Å². The summed E-state index contributed by atoms with van der Waals surface area (Å²) in [6.45, 7) is 3.61. The number of anilines is 1. The standard InChI is InChI=1S/C20H21N3O5/c1-12-7-13(2)9-14(8-12)27-11-19(25)23-22-18(24)10-17-20(26)21-15-5-3-4-6-16(15)28-17/h3-9,17H,10-11H2,1-2H3,(H,21,26)(H,22,24)(H,23,25)/t17-/m1/s1. The highest BCUT2D eigenvalue weighted by atomic mass is 16.5. The number of para-hydroxylation sites is 2. The molecule has 1 aliphatic heterocycles. The largest absolute Gasteiger partial charge is 0.484 e. The molecule has 8 heteroatoms. The summed E-state index contributed by atoms with van der Waals surface area (Å²) < 4.78 is 11.0. The number of benzene rings is 2. The van der Waals surface area contributed by atoms with Crippen molar-refractivity contribution in [3.63, 3.8) is 0 Å². The Morgan fingerprint density at radius 2 is 1.75 bits per heavy atom. The molecule has 2 aromatic rings. The molecule has 0 unspecified atom stereocenters. The minimum absolute atomic E-state index is 0.238. The molecule has 0 saturated heterocycles. The number of ether oxygens (including phenoxy) is 2. The lowest BCUT2D eigenvalue weighted by molar-refractivity contribution is -0.133.